The summed E-state index contributed by atoms with van der Waals surface area (Å²) in [7, 11) is 0. The highest BCUT2D eigenvalue weighted by Crippen LogP contribution is 2.17. The Morgan fingerprint density at radius 3 is 3.17 bits per heavy atom. The summed E-state index contributed by atoms with van der Waals surface area (Å²) >= 11 is 0. The van der Waals surface area contributed by atoms with Crippen LogP contribution in [0, 0.1) is 12.3 Å². The minimum absolute atomic E-state index is 0.0863. The number of hydrogen-bond acceptors (Lipinski definition) is 3. The van der Waals surface area contributed by atoms with Crippen LogP contribution in [0.25, 0.3) is 11.0 Å². The molecule has 0 fully saturated rings. The fourth-order valence-electron chi connectivity index (χ4n) is 1.72. The predicted molar refractivity (Wildman–Crippen MR) is 67.0 cm³/mol. The SMILES string of the molecule is C#CCNC(=O)Cn1cc(C=O)c2cccnc21. The molecule has 1 N–H and O–H groups in total. The lowest BCUT2D eigenvalue weighted by atomic mass is 10.2. The van der Waals surface area contributed by atoms with E-state index in [1.807, 2.05) is 0 Å². The Hall–Kier alpha value is -2.61. The molecule has 2 heterocycles. The molecular formula is C13H11N3O2. The number of aromatic nitrogens is 2. The maximum atomic E-state index is 11.6. The average molecular weight is 241 g/mol. The highest BCUT2D eigenvalue weighted by atomic mass is 16.2. The number of rotatable bonds is 4. The van der Waals surface area contributed by atoms with Gasteiger partial charge in [0.05, 0.1) is 6.54 Å². The minimum Gasteiger partial charge on any atom is -0.344 e. The molecule has 0 radical (unpaired) electrons. The Morgan fingerprint density at radius 1 is 1.61 bits per heavy atom. The molecule has 0 saturated carbocycles. The zero-order chi connectivity index (χ0) is 13.0. The topological polar surface area (TPSA) is 64.0 Å². The normalized spacial score (nSPS) is 9.94. The van der Waals surface area contributed by atoms with E-state index >= 15 is 0 Å². The number of nitrogens with one attached hydrogen (secondary N) is 1. The zero-order valence-electron chi connectivity index (χ0n) is 9.59. The standard InChI is InChI=1S/C13H11N3O2/c1-2-5-14-12(18)8-16-7-10(9-17)11-4-3-6-15-13(11)16/h1,3-4,6-7,9H,5,8H2,(H,14,18). The summed E-state index contributed by atoms with van der Waals surface area (Å²) in [5, 5.41) is 3.29. The number of terminal acetylenes is 1. The van der Waals surface area contributed by atoms with Gasteiger partial charge in [-0.3, -0.25) is 9.59 Å². The molecule has 0 aromatic carbocycles. The van der Waals surface area contributed by atoms with Gasteiger partial charge in [0.25, 0.3) is 0 Å². The van der Waals surface area contributed by atoms with Crippen LogP contribution in [0.1, 0.15) is 10.4 Å². The number of fused-ring (bicyclic) bond motifs is 1. The molecule has 0 aliphatic carbocycles. The van der Waals surface area contributed by atoms with Gasteiger partial charge in [-0.2, -0.15) is 0 Å². The largest absolute Gasteiger partial charge is 0.344 e. The van der Waals surface area contributed by atoms with Gasteiger partial charge in [-0.25, -0.2) is 4.98 Å². The van der Waals surface area contributed by atoms with E-state index in [0.717, 1.165) is 11.7 Å². The summed E-state index contributed by atoms with van der Waals surface area (Å²) < 4.78 is 1.63. The monoisotopic (exact) mass is 241 g/mol. The van der Waals surface area contributed by atoms with Crippen LogP contribution < -0.4 is 5.32 Å². The summed E-state index contributed by atoms with van der Waals surface area (Å²) in [6, 6.07) is 3.54. The first kappa shape index (κ1) is 11.9. The number of nitrogens with zero attached hydrogens (tertiary/aromatic N) is 2. The van der Waals surface area contributed by atoms with Crippen molar-refractivity contribution < 1.29 is 9.59 Å². The van der Waals surface area contributed by atoms with E-state index in [-0.39, 0.29) is 19.0 Å². The lowest BCUT2D eigenvalue weighted by molar-refractivity contribution is -0.121. The second-order valence-electron chi connectivity index (χ2n) is 3.69. The predicted octanol–water partition coefficient (Wildman–Crippen LogP) is 0.598. The van der Waals surface area contributed by atoms with Gasteiger partial charge in [0.15, 0.2) is 6.29 Å². The maximum absolute atomic E-state index is 11.6. The Labute approximate surface area is 104 Å². The van der Waals surface area contributed by atoms with Crippen molar-refractivity contribution in [1.82, 2.24) is 14.9 Å². The third-order valence-electron chi connectivity index (χ3n) is 2.49. The third kappa shape index (κ3) is 2.23. The van der Waals surface area contributed by atoms with Gasteiger partial charge < -0.3 is 9.88 Å². The number of amides is 1. The molecule has 18 heavy (non-hydrogen) atoms. The van der Waals surface area contributed by atoms with E-state index in [1.165, 1.54) is 0 Å². The van der Waals surface area contributed by atoms with E-state index < -0.39 is 0 Å². The summed E-state index contributed by atoms with van der Waals surface area (Å²) in [5.41, 5.74) is 1.12. The fourth-order valence-corrected chi connectivity index (χ4v) is 1.72. The highest BCUT2D eigenvalue weighted by molar-refractivity contribution is 5.96. The van der Waals surface area contributed by atoms with Gasteiger partial charge in [-0.15, -0.1) is 6.42 Å². The highest BCUT2D eigenvalue weighted by Gasteiger charge is 2.10. The summed E-state index contributed by atoms with van der Waals surface area (Å²) in [6.07, 6.45) is 9.04. The molecule has 2 aromatic heterocycles. The molecule has 5 heteroatoms. The van der Waals surface area contributed by atoms with Gasteiger partial charge in [0.2, 0.25) is 5.91 Å². The van der Waals surface area contributed by atoms with E-state index in [0.29, 0.717) is 11.2 Å². The molecule has 0 unspecified atom stereocenters. The molecule has 5 nitrogen and oxygen atoms in total. The van der Waals surface area contributed by atoms with Crippen molar-refractivity contribution in [2.24, 2.45) is 0 Å². The quantitative estimate of drug-likeness (QED) is 0.629. The molecule has 0 atom stereocenters. The van der Waals surface area contributed by atoms with Crippen molar-refractivity contribution in [3.8, 4) is 12.3 Å². The van der Waals surface area contributed by atoms with Gasteiger partial charge in [-0.05, 0) is 12.1 Å². The maximum Gasteiger partial charge on any atom is 0.240 e. The van der Waals surface area contributed by atoms with Crippen LogP contribution in [0.15, 0.2) is 24.5 Å². The van der Waals surface area contributed by atoms with Crippen LogP contribution in [-0.4, -0.2) is 28.3 Å². The van der Waals surface area contributed by atoms with Crippen molar-refractivity contribution in [2.75, 3.05) is 6.54 Å². The Morgan fingerprint density at radius 2 is 2.44 bits per heavy atom. The van der Waals surface area contributed by atoms with Crippen molar-refractivity contribution >= 4 is 23.2 Å². The van der Waals surface area contributed by atoms with Gasteiger partial charge in [0.1, 0.15) is 12.2 Å². The Kier molecular flexibility index (Phi) is 3.39. The van der Waals surface area contributed by atoms with E-state index in [9.17, 15) is 9.59 Å². The van der Waals surface area contributed by atoms with Gasteiger partial charge in [0, 0.05) is 23.3 Å². The van der Waals surface area contributed by atoms with Crippen LogP contribution in [-0.2, 0) is 11.3 Å². The summed E-state index contributed by atoms with van der Waals surface area (Å²) in [5.74, 6) is 2.11. The third-order valence-corrected chi connectivity index (χ3v) is 2.49. The molecule has 0 aliphatic heterocycles. The van der Waals surface area contributed by atoms with Crippen LogP contribution in [0.2, 0.25) is 0 Å². The van der Waals surface area contributed by atoms with Crippen molar-refractivity contribution in [2.45, 2.75) is 6.54 Å². The van der Waals surface area contributed by atoms with Crippen molar-refractivity contribution in [3.05, 3.63) is 30.1 Å². The van der Waals surface area contributed by atoms with Crippen molar-refractivity contribution in [3.63, 3.8) is 0 Å². The summed E-state index contributed by atoms with van der Waals surface area (Å²) in [4.78, 5) is 26.7. The number of pyridine rings is 1. The second-order valence-corrected chi connectivity index (χ2v) is 3.69. The van der Waals surface area contributed by atoms with E-state index in [1.54, 1.807) is 29.1 Å². The van der Waals surface area contributed by atoms with E-state index in [4.69, 9.17) is 6.42 Å². The lowest BCUT2D eigenvalue weighted by Crippen LogP contribution is -2.27. The average Bonchev–Trinajstić information content (AvgIpc) is 2.75. The molecule has 0 spiro atoms. The Balaban J connectivity index is 2.31. The van der Waals surface area contributed by atoms with Crippen LogP contribution >= 0.6 is 0 Å². The summed E-state index contributed by atoms with van der Waals surface area (Å²) in [6.45, 7) is 0.273. The molecule has 2 rings (SSSR count). The fraction of sp³-hybridized carbons (Fsp3) is 0.154. The number of hydrogen-bond donors (Lipinski definition) is 1. The first-order chi connectivity index (χ1) is 8.76. The van der Waals surface area contributed by atoms with Crippen molar-refractivity contribution in [1.29, 1.82) is 0 Å². The van der Waals surface area contributed by atoms with Crippen LogP contribution in [0.3, 0.4) is 0 Å². The second kappa shape index (κ2) is 5.15. The lowest BCUT2D eigenvalue weighted by Gasteiger charge is -2.03. The number of carbonyl (C=O) groups is 2. The molecule has 2 aromatic rings. The van der Waals surface area contributed by atoms with Crippen LogP contribution in [0.5, 0.6) is 0 Å². The Bertz CT molecular complexity index is 637. The zero-order valence-corrected chi connectivity index (χ0v) is 9.59. The molecule has 90 valence electrons. The van der Waals surface area contributed by atoms with Gasteiger partial charge >= 0.3 is 0 Å². The minimum atomic E-state index is -0.215. The van der Waals surface area contributed by atoms with Crippen LogP contribution in [0.4, 0.5) is 0 Å². The molecule has 1 amide bonds. The number of aldehydes is 1. The van der Waals surface area contributed by atoms with E-state index in [2.05, 4.69) is 16.2 Å². The molecule has 0 aliphatic rings. The first-order valence-electron chi connectivity index (χ1n) is 5.35. The smallest absolute Gasteiger partial charge is 0.240 e. The number of carbonyl (C=O) groups excluding carboxylic acids is 2. The molecule has 0 bridgehead atoms. The first-order valence-corrected chi connectivity index (χ1v) is 5.35. The van der Waals surface area contributed by atoms with Gasteiger partial charge in [-0.1, -0.05) is 5.92 Å². The molecular weight excluding hydrogens is 230 g/mol. The molecule has 0 saturated heterocycles.